The molecule has 0 spiro atoms. The molecule has 0 radical (unpaired) electrons. The van der Waals surface area contributed by atoms with Crippen LogP contribution in [0, 0.1) is 0 Å². The summed E-state index contributed by atoms with van der Waals surface area (Å²) in [5, 5.41) is 3.02. The maximum atomic E-state index is 11.6. The molecule has 0 amide bonds. The van der Waals surface area contributed by atoms with E-state index in [9.17, 15) is 4.79 Å². The Morgan fingerprint density at radius 1 is 1.11 bits per heavy atom. The smallest absolute Gasteiger partial charge is 0.325 e. The molecule has 0 aliphatic heterocycles. The van der Waals surface area contributed by atoms with Crippen molar-refractivity contribution in [2.24, 2.45) is 0 Å². The SMILES string of the molecule is CCCOCCOCCCCC(C)(NC)C(=O)OC. The molecule has 5 heteroatoms. The Kier molecular flexibility index (Phi) is 10.8. The average molecular weight is 275 g/mol. The third kappa shape index (κ3) is 8.18. The Morgan fingerprint density at radius 2 is 1.74 bits per heavy atom. The van der Waals surface area contributed by atoms with E-state index in [1.807, 2.05) is 6.92 Å². The number of esters is 1. The highest BCUT2D eigenvalue weighted by Crippen LogP contribution is 2.15. The summed E-state index contributed by atoms with van der Waals surface area (Å²) < 4.78 is 15.6. The van der Waals surface area contributed by atoms with E-state index < -0.39 is 5.54 Å². The molecule has 0 aromatic heterocycles. The molecule has 1 N–H and O–H groups in total. The molecule has 0 aliphatic carbocycles. The van der Waals surface area contributed by atoms with Gasteiger partial charge >= 0.3 is 5.97 Å². The lowest BCUT2D eigenvalue weighted by atomic mass is 9.95. The number of ether oxygens (including phenoxy) is 3. The second kappa shape index (κ2) is 11.2. The molecule has 0 rings (SSSR count). The van der Waals surface area contributed by atoms with Crippen LogP contribution in [0.4, 0.5) is 0 Å². The van der Waals surface area contributed by atoms with Gasteiger partial charge in [-0.05, 0) is 39.7 Å². The number of hydrogen-bond acceptors (Lipinski definition) is 5. The van der Waals surface area contributed by atoms with Gasteiger partial charge in [-0.15, -0.1) is 0 Å². The van der Waals surface area contributed by atoms with Crippen molar-refractivity contribution in [2.75, 3.05) is 40.6 Å². The van der Waals surface area contributed by atoms with Crippen LogP contribution < -0.4 is 5.32 Å². The predicted molar refractivity (Wildman–Crippen MR) is 75.3 cm³/mol. The second-order valence-electron chi connectivity index (χ2n) is 4.76. The number of carbonyl (C=O) groups excluding carboxylic acids is 1. The Bertz CT molecular complexity index is 235. The van der Waals surface area contributed by atoms with Gasteiger partial charge in [0, 0.05) is 13.2 Å². The monoisotopic (exact) mass is 275 g/mol. The van der Waals surface area contributed by atoms with Crippen LogP contribution >= 0.6 is 0 Å². The summed E-state index contributed by atoms with van der Waals surface area (Å²) in [6.45, 7) is 6.74. The first-order chi connectivity index (χ1) is 9.10. The zero-order valence-electron chi connectivity index (χ0n) is 12.8. The highest BCUT2D eigenvalue weighted by molar-refractivity contribution is 5.80. The molecule has 0 fully saturated rings. The highest BCUT2D eigenvalue weighted by atomic mass is 16.5. The zero-order chi connectivity index (χ0) is 14.6. The van der Waals surface area contributed by atoms with Gasteiger partial charge in [-0.1, -0.05) is 6.92 Å². The Hall–Kier alpha value is -0.650. The van der Waals surface area contributed by atoms with Crippen LogP contribution in [0.25, 0.3) is 0 Å². The number of unbranched alkanes of at least 4 members (excludes halogenated alkanes) is 1. The van der Waals surface area contributed by atoms with Crippen molar-refractivity contribution < 1.29 is 19.0 Å². The normalized spacial score (nSPS) is 14.1. The quantitative estimate of drug-likeness (QED) is 0.434. The van der Waals surface area contributed by atoms with Crippen LogP contribution in [-0.2, 0) is 19.0 Å². The van der Waals surface area contributed by atoms with E-state index in [1.165, 1.54) is 7.11 Å². The molecule has 5 nitrogen and oxygen atoms in total. The number of nitrogens with one attached hydrogen (secondary N) is 1. The summed E-state index contributed by atoms with van der Waals surface area (Å²) in [7, 11) is 3.19. The number of likely N-dealkylation sites (N-methyl/N-ethyl adjacent to an activating group) is 1. The van der Waals surface area contributed by atoms with Gasteiger partial charge in [0.2, 0.25) is 0 Å². The standard InChI is InChI=1S/C14H29NO4/c1-5-9-18-11-12-19-10-7-6-8-14(2,15-3)13(16)17-4/h15H,5-12H2,1-4H3. The van der Waals surface area contributed by atoms with Crippen LogP contribution in [0.15, 0.2) is 0 Å². The topological polar surface area (TPSA) is 56.8 Å². The van der Waals surface area contributed by atoms with E-state index in [2.05, 4.69) is 12.2 Å². The van der Waals surface area contributed by atoms with Crippen molar-refractivity contribution in [1.82, 2.24) is 5.32 Å². The molecule has 0 aromatic rings. The number of methoxy groups -OCH3 is 1. The van der Waals surface area contributed by atoms with Crippen molar-refractivity contribution >= 4 is 5.97 Å². The van der Waals surface area contributed by atoms with E-state index >= 15 is 0 Å². The molecule has 0 saturated carbocycles. The van der Waals surface area contributed by atoms with Crippen molar-refractivity contribution in [2.45, 2.75) is 45.1 Å². The molecule has 1 atom stereocenters. The maximum Gasteiger partial charge on any atom is 0.325 e. The average Bonchev–Trinajstić information content (AvgIpc) is 2.44. The third-order valence-corrected chi connectivity index (χ3v) is 3.12. The van der Waals surface area contributed by atoms with E-state index in [0.717, 1.165) is 32.3 Å². The van der Waals surface area contributed by atoms with Crippen molar-refractivity contribution in [3.8, 4) is 0 Å². The predicted octanol–water partition coefficient (Wildman–Crippen LogP) is 1.75. The lowest BCUT2D eigenvalue weighted by Gasteiger charge is -2.25. The van der Waals surface area contributed by atoms with Crippen LogP contribution in [0.5, 0.6) is 0 Å². The molecule has 114 valence electrons. The summed E-state index contributed by atoms with van der Waals surface area (Å²) in [5.41, 5.74) is -0.598. The van der Waals surface area contributed by atoms with Crippen LogP contribution in [-0.4, -0.2) is 52.1 Å². The van der Waals surface area contributed by atoms with Crippen LogP contribution in [0.1, 0.15) is 39.5 Å². The summed E-state index contributed by atoms with van der Waals surface area (Å²) in [6.07, 6.45) is 3.63. The Labute approximate surface area is 117 Å². The highest BCUT2D eigenvalue weighted by Gasteiger charge is 2.31. The molecule has 1 unspecified atom stereocenters. The van der Waals surface area contributed by atoms with Gasteiger partial charge in [-0.25, -0.2) is 0 Å². The number of hydrogen-bond donors (Lipinski definition) is 1. The third-order valence-electron chi connectivity index (χ3n) is 3.12. The second-order valence-corrected chi connectivity index (χ2v) is 4.76. The van der Waals surface area contributed by atoms with Crippen molar-refractivity contribution in [3.05, 3.63) is 0 Å². The largest absolute Gasteiger partial charge is 0.468 e. The minimum atomic E-state index is -0.598. The minimum absolute atomic E-state index is 0.219. The molecule has 0 saturated heterocycles. The zero-order valence-corrected chi connectivity index (χ0v) is 12.8. The Morgan fingerprint density at radius 3 is 2.26 bits per heavy atom. The van der Waals surface area contributed by atoms with E-state index in [4.69, 9.17) is 14.2 Å². The molecule has 0 bridgehead atoms. The number of carbonyl (C=O) groups is 1. The van der Waals surface area contributed by atoms with Crippen molar-refractivity contribution in [1.29, 1.82) is 0 Å². The molecular weight excluding hydrogens is 246 g/mol. The summed E-state index contributed by atoms with van der Waals surface area (Å²) in [4.78, 5) is 11.6. The summed E-state index contributed by atoms with van der Waals surface area (Å²) in [5.74, 6) is -0.219. The minimum Gasteiger partial charge on any atom is -0.468 e. The van der Waals surface area contributed by atoms with Crippen molar-refractivity contribution in [3.63, 3.8) is 0 Å². The van der Waals surface area contributed by atoms with E-state index in [-0.39, 0.29) is 5.97 Å². The lowest BCUT2D eigenvalue weighted by molar-refractivity contribution is -0.148. The van der Waals surface area contributed by atoms with Crippen LogP contribution in [0.3, 0.4) is 0 Å². The van der Waals surface area contributed by atoms with Gasteiger partial charge in [0.25, 0.3) is 0 Å². The van der Waals surface area contributed by atoms with E-state index in [1.54, 1.807) is 7.05 Å². The lowest BCUT2D eigenvalue weighted by Crippen LogP contribution is -2.48. The van der Waals surface area contributed by atoms with Gasteiger partial charge in [0.15, 0.2) is 0 Å². The van der Waals surface area contributed by atoms with Gasteiger partial charge in [0.05, 0.1) is 20.3 Å². The first-order valence-corrected chi connectivity index (χ1v) is 7.03. The van der Waals surface area contributed by atoms with Gasteiger partial charge in [0.1, 0.15) is 5.54 Å². The van der Waals surface area contributed by atoms with Gasteiger partial charge in [-0.2, -0.15) is 0 Å². The van der Waals surface area contributed by atoms with E-state index in [0.29, 0.717) is 19.8 Å². The molecule has 0 heterocycles. The first kappa shape index (κ1) is 18.4. The maximum absolute atomic E-state index is 11.6. The molecular formula is C14H29NO4. The first-order valence-electron chi connectivity index (χ1n) is 7.03. The molecule has 0 aliphatic rings. The number of rotatable bonds is 12. The van der Waals surface area contributed by atoms with Crippen LogP contribution in [0.2, 0.25) is 0 Å². The fraction of sp³-hybridized carbons (Fsp3) is 0.929. The van der Waals surface area contributed by atoms with Gasteiger partial charge < -0.3 is 19.5 Å². The summed E-state index contributed by atoms with van der Waals surface area (Å²) >= 11 is 0. The Balaban J connectivity index is 3.54. The fourth-order valence-electron chi connectivity index (χ4n) is 1.70. The summed E-state index contributed by atoms with van der Waals surface area (Å²) in [6, 6.07) is 0. The molecule has 0 aromatic carbocycles. The fourth-order valence-corrected chi connectivity index (χ4v) is 1.70. The molecule has 19 heavy (non-hydrogen) atoms. The van der Waals surface area contributed by atoms with Gasteiger partial charge in [-0.3, -0.25) is 4.79 Å².